The van der Waals surface area contributed by atoms with Gasteiger partial charge in [-0.05, 0) is 5.92 Å². The highest BCUT2D eigenvalue weighted by Gasteiger charge is 2.39. The highest BCUT2D eigenvalue weighted by molar-refractivity contribution is 6.60. The SMILES string of the molecule is CO[Si](CC(C)CN(CCNc1nc(N)nc(N)n1)c1nc(N)nc(N)n1)(OC)OC. The van der Waals surface area contributed by atoms with Crippen LogP contribution in [0.3, 0.4) is 0 Å². The summed E-state index contributed by atoms with van der Waals surface area (Å²) in [5, 5.41) is 3.05. The minimum Gasteiger partial charge on any atom is -0.377 e. The third-order valence-corrected chi connectivity index (χ3v) is 7.40. The Balaban J connectivity index is 2.14. The zero-order valence-corrected chi connectivity index (χ0v) is 19.1. The molecule has 2 heterocycles. The molecule has 0 saturated carbocycles. The maximum absolute atomic E-state index is 5.76. The van der Waals surface area contributed by atoms with Crippen molar-refractivity contribution in [2.45, 2.75) is 13.0 Å². The molecular weight excluding hydrogens is 424 g/mol. The predicted molar refractivity (Wildman–Crippen MR) is 119 cm³/mol. The molecule has 0 spiro atoms. The Morgan fingerprint density at radius 3 is 1.81 bits per heavy atom. The van der Waals surface area contributed by atoms with Gasteiger partial charge in [0.05, 0.1) is 0 Å². The molecule has 0 aliphatic carbocycles. The van der Waals surface area contributed by atoms with Gasteiger partial charge in [0.25, 0.3) is 0 Å². The van der Waals surface area contributed by atoms with E-state index in [2.05, 4.69) is 35.2 Å². The van der Waals surface area contributed by atoms with Crippen LogP contribution in [-0.2, 0) is 13.3 Å². The molecule has 1 atom stereocenters. The quantitative estimate of drug-likeness (QED) is 0.238. The minimum absolute atomic E-state index is 0.0264. The van der Waals surface area contributed by atoms with E-state index in [4.69, 9.17) is 36.2 Å². The van der Waals surface area contributed by atoms with E-state index < -0.39 is 8.80 Å². The minimum atomic E-state index is -2.77. The van der Waals surface area contributed by atoms with Gasteiger partial charge >= 0.3 is 8.80 Å². The molecule has 9 N–H and O–H groups in total. The lowest BCUT2D eigenvalue weighted by Gasteiger charge is -2.30. The summed E-state index contributed by atoms with van der Waals surface area (Å²) < 4.78 is 16.6. The number of hydrogen-bond donors (Lipinski definition) is 5. The summed E-state index contributed by atoms with van der Waals surface area (Å²) in [6.45, 7) is 3.46. The fourth-order valence-electron chi connectivity index (χ4n) is 2.97. The van der Waals surface area contributed by atoms with Gasteiger partial charge in [-0.3, -0.25) is 0 Å². The van der Waals surface area contributed by atoms with Crippen LogP contribution in [0.1, 0.15) is 6.92 Å². The molecule has 0 amide bonds. The lowest BCUT2D eigenvalue weighted by molar-refractivity contribution is 0.119. The topological polar surface area (TPSA) is 224 Å². The number of nitrogens with zero attached hydrogens (tertiary/aromatic N) is 7. The van der Waals surface area contributed by atoms with Crippen LogP contribution < -0.4 is 33.2 Å². The maximum Gasteiger partial charge on any atom is 0.500 e. The van der Waals surface area contributed by atoms with E-state index in [1.54, 1.807) is 21.3 Å². The first kappa shape index (κ1) is 24.2. The van der Waals surface area contributed by atoms with Crippen molar-refractivity contribution in [2.75, 3.05) is 74.1 Å². The number of rotatable bonds is 12. The lowest BCUT2D eigenvalue weighted by Crippen LogP contribution is -2.46. The maximum atomic E-state index is 5.76. The molecule has 31 heavy (non-hydrogen) atoms. The number of hydrogen-bond acceptors (Lipinski definition) is 15. The second-order valence-corrected chi connectivity index (χ2v) is 9.70. The molecule has 1 unspecified atom stereocenters. The molecule has 0 aromatic carbocycles. The van der Waals surface area contributed by atoms with Crippen molar-refractivity contribution >= 4 is 44.5 Å². The van der Waals surface area contributed by atoms with Gasteiger partial charge in [0, 0.05) is 47.0 Å². The van der Waals surface area contributed by atoms with Crippen LogP contribution in [0.25, 0.3) is 0 Å². The predicted octanol–water partition coefficient (Wildman–Crippen LogP) is -1.18. The van der Waals surface area contributed by atoms with Crippen molar-refractivity contribution in [3.05, 3.63) is 0 Å². The number of anilines is 6. The van der Waals surface area contributed by atoms with Gasteiger partial charge in [-0.1, -0.05) is 6.92 Å². The van der Waals surface area contributed by atoms with Crippen LogP contribution >= 0.6 is 0 Å². The van der Waals surface area contributed by atoms with Crippen molar-refractivity contribution in [3.63, 3.8) is 0 Å². The van der Waals surface area contributed by atoms with Crippen molar-refractivity contribution in [1.29, 1.82) is 0 Å². The average Bonchev–Trinajstić information content (AvgIpc) is 2.70. The summed E-state index contributed by atoms with van der Waals surface area (Å²) in [5.74, 6) is 0.803. The first-order valence-electron chi connectivity index (χ1n) is 9.38. The highest BCUT2D eigenvalue weighted by Crippen LogP contribution is 2.22. The largest absolute Gasteiger partial charge is 0.500 e. The smallest absolute Gasteiger partial charge is 0.377 e. The molecule has 0 radical (unpaired) electrons. The summed E-state index contributed by atoms with van der Waals surface area (Å²) in [6, 6.07) is 0.580. The number of aromatic nitrogens is 6. The van der Waals surface area contributed by atoms with Gasteiger partial charge in [-0.15, -0.1) is 0 Å². The number of nitrogens with two attached hydrogens (primary N) is 4. The van der Waals surface area contributed by atoms with Gasteiger partial charge in [0.1, 0.15) is 0 Å². The van der Waals surface area contributed by atoms with E-state index in [1.807, 2.05) is 11.8 Å². The second-order valence-electron chi connectivity index (χ2n) is 6.70. The standard InChI is InChI=1S/C15H30N12O3Si/c1-9(8-31(28-2,29-3)30-4)7-27(15-25-12(18)22-13(19)26-15)6-5-20-14-23-10(16)21-11(17)24-14/h9H,5-8H2,1-4H3,(H4,18,19,22,25,26)(H5,16,17,20,21,23,24). The molecule has 2 aromatic heterocycles. The van der Waals surface area contributed by atoms with Crippen molar-refractivity contribution in [1.82, 2.24) is 29.9 Å². The summed E-state index contributed by atoms with van der Waals surface area (Å²) in [4.78, 5) is 25.9. The summed E-state index contributed by atoms with van der Waals surface area (Å²) in [5.41, 5.74) is 22.7. The molecule has 0 aliphatic rings. The molecule has 16 heteroatoms. The van der Waals surface area contributed by atoms with E-state index in [1.165, 1.54) is 0 Å². The lowest BCUT2D eigenvalue weighted by atomic mass is 10.2. The Labute approximate surface area is 181 Å². The van der Waals surface area contributed by atoms with Gasteiger partial charge in [0.15, 0.2) is 0 Å². The second kappa shape index (κ2) is 10.8. The molecule has 2 rings (SSSR count). The number of nitrogens with one attached hydrogen (secondary N) is 1. The molecule has 0 saturated heterocycles. The Kier molecular flexibility index (Phi) is 8.43. The van der Waals surface area contributed by atoms with Gasteiger partial charge in [0.2, 0.25) is 35.7 Å². The van der Waals surface area contributed by atoms with E-state index in [0.29, 0.717) is 31.6 Å². The Bertz CT molecular complexity index is 807. The van der Waals surface area contributed by atoms with E-state index in [0.717, 1.165) is 0 Å². The van der Waals surface area contributed by atoms with Crippen molar-refractivity contribution < 1.29 is 13.3 Å². The third-order valence-electron chi connectivity index (χ3n) is 4.34. The molecule has 172 valence electrons. The molecule has 2 aromatic rings. The Morgan fingerprint density at radius 1 is 0.839 bits per heavy atom. The molecule has 0 bridgehead atoms. The summed E-state index contributed by atoms with van der Waals surface area (Å²) in [6.07, 6.45) is 0. The van der Waals surface area contributed by atoms with Crippen molar-refractivity contribution in [3.8, 4) is 0 Å². The molecule has 15 nitrogen and oxygen atoms in total. The average molecular weight is 455 g/mol. The molecule has 0 fully saturated rings. The Morgan fingerprint density at radius 2 is 1.32 bits per heavy atom. The van der Waals surface area contributed by atoms with Crippen LogP contribution in [0.5, 0.6) is 0 Å². The summed E-state index contributed by atoms with van der Waals surface area (Å²) in [7, 11) is 1.96. The highest BCUT2D eigenvalue weighted by atomic mass is 28.4. The van der Waals surface area contributed by atoms with E-state index in [-0.39, 0.29) is 35.7 Å². The van der Waals surface area contributed by atoms with Crippen molar-refractivity contribution in [2.24, 2.45) is 5.92 Å². The van der Waals surface area contributed by atoms with Gasteiger partial charge < -0.3 is 46.4 Å². The first-order valence-corrected chi connectivity index (χ1v) is 11.3. The van der Waals surface area contributed by atoms with E-state index in [9.17, 15) is 0 Å². The van der Waals surface area contributed by atoms with Crippen LogP contribution in [-0.4, -0.2) is 79.7 Å². The van der Waals surface area contributed by atoms with Crippen LogP contribution in [0, 0.1) is 5.92 Å². The zero-order chi connectivity index (χ0) is 23.0. The third kappa shape index (κ3) is 6.98. The van der Waals surface area contributed by atoms with Gasteiger partial charge in [-0.25, -0.2) is 0 Å². The molecular formula is C15H30N12O3Si. The van der Waals surface area contributed by atoms with Gasteiger partial charge in [-0.2, -0.15) is 29.9 Å². The number of nitrogen functional groups attached to an aromatic ring is 4. The molecule has 0 aliphatic heterocycles. The van der Waals surface area contributed by atoms with Crippen LogP contribution in [0.2, 0.25) is 6.04 Å². The zero-order valence-electron chi connectivity index (χ0n) is 18.1. The van der Waals surface area contributed by atoms with Crippen LogP contribution in [0.15, 0.2) is 0 Å². The Hall–Kier alpha value is -3.08. The fraction of sp³-hybridized carbons (Fsp3) is 0.600. The van der Waals surface area contributed by atoms with Crippen LogP contribution in [0.4, 0.5) is 35.7 Å². The first-order chi connectivity index (χ1) is 14.7. The summed E-state index contributed by atoms with van der Waals surface area (Å²) >= 11 is 0. The van der Waals surface area contributed by atoms with E-state index >= 15 is 0 Å². The normalized spacial score (nSPS) is 12.5. The fourth-order valence-corrected chi connectivity index (χ4v) is 4.95. The monoisotopic (exact) mass is 454 g/mol.